The van der Waals surface area contributed by atoms with Crippen LogP contribution in [0.15, 0.2) is 83.8 Å². The molecule has 0 saturated heterocycles. The molecule has 0 aliphatic carbocycles. The predicted octanol–water partition coefficient (Wildman–Crippen LogP) is 4.33. The summed E-state index contributed by atoms with van der Waals surface area (Å²) in [4.78, 5) is -0.0848. The molecule has 0 bridgehead atoms. The van der Waals surface area contributed by atoms with Gasteiger partial charge in [-0.25, -0.2) is 0 Å². The van der Waals surface area contributed by atoms with Gasteiger partial charge in [0.1, 0.15) is 4.90 Å². The van der Waals surface area contributed by atoms with Gasteiger partial charge >= 0.3 is 0 Å². The molecule has 0 radical (unpaired) electrons. The highest BCUT2D eigenvalue weighted by Gasteiger charge is 2.18. The van der Waals surface area contributed by atoms with Crippen LogP contribution in [0.1, 0.15) is 0 Å². The van der Waals surface area contributed by atoms with Crippen molar-refractivity contribution >= 4 is 20.0 Å². The zero-order chi connectivity index (χ0) is 15.6. The lowest BCUT2D eigenvalue weighted by molar-refractivity contribution is 0.483. The molecule has 3 nitrogen and oxygen atoms in total. The van der Waals surface area contributed by atoms with Crippen molar-refractivity contribution in [3.05, 3.63) is 78.9 Å². The maximum atomic E-state index is 11.6. The van der Waals surface area contributed by atoms with E-state index in [0.29, 0.717) is 5.56 Å². The summed E-state index contributed by atoms with van der Waals surface area (Å²) in [6.07, 6.45) is 0. The van der Waals surface area contributed by atoms with E-state index in [1.807, 2.05) is 54.6 Å². The van der Waals surface area contributed by atoms with E-state index < -0.39 is 10.1 Å². The second kappa shape index (κ2) is 7.05. The van der Waals surface area contributed by atoms with Gasteiger partial charge in [-0.1, -0.05) is 72.8 Å². The lowest BCUT2D eigenvalue weighted by Gasteiger charge is -2.12. The number of hydrogen-bond acceptors (Lipinski definition) is 2. The Morgan fingerprint density at radius 3 is 1.70 bits per heavy atom. The summed E-state index contributed by atoms with van der Waals surface area (Å²) in [6, 6.07) is 23.7. The Labute approximate surface area is 139 Å². The summed E-state index contributed by atoms with van der Waals surface area (Å²) < 4.78 is 32.7. The molecular weight excluding hydrogens is 327 g/mol. The molecule has 0 heterocycles. The third kappa shape index (κ3) is 3.67. The van der Waals surface area contributed by atoms with E-state index in [-0.39, 0.29) is 14.8 Å². The molecule has 0 spiro atoms. The molecule has 0 aromatic heterocycles. The Kier molecular flexibility index (Phi) is 5.32. The number of benzene rings is 3. The van der Waals surface area contributed by atoms with Crippen molar-refractivity contribution in [2.24, 2.45) is 0 Å². The highest BCUT2D eigenvalue weighted by Crippen LogP contribution is 2.35. The molecule has 3 aromatic carbocycles. The van der Waals surface area contributed by atoms with Crippen molar-refractivity contribution in [1.82, 2.24) is 0 Å². The maximum Gasteiger partial charge on any atom is 0.295 e. The summed E-state index contributed by atoms with van der Waals surface area (Å²) >= 11 is 0. The highest BCUT2D eigenvalue weighted by molar-refractivity contribution is 7.86. The first-order valence-corrected chi connectivity index (χ1v) is 8.23. The summed E-state index contributed by atoms with van der Waals surface area (Å²) in [7, 11) is -4.28. The first kappa shape index (κ1) is 17.4. The maximum absolute atomic E-state index is 11.6. The second-order valence-electron chi connectivity index (χ2n) is 4.88. The van der Waals surface area contributed by atoms with Crippen LogP contribution in [0.5, 0.6) is 0 Å². The first-order valence-electron chi connectivity index (χ1n) is 6.79. The second-order valence-corrected chi connectivity index (χ2v) is 6.27. The summed E-state index contributed by atoms with van der Waals surface area (Å²) in [5.41, 5.74) is 3.16. The van der Waals surface area contributed by atoms with Gasteiger partial charge in [-0.3, -0.25) is 4.55 Å². The minimum Gasteiger partial charge on any atom is -0.282 e. The van der Waals surface area contributed by atoms with Crippen LogP contribution in [0.3, 0.4) is 0 Å². The van der Waals surface area contributed by atoms with Crippen molar-refractivity contribution < 1.29 is 13.0 Å². The van der Waals surface area contributed by atoms with Crippen molar-refractivity contribution in [3.63, 3.8) is 0 Å². The standard InChI is InChI=1S/C18H14O3S.H3P/c19-22(20,21)18-13-7-6-12-17(18)16-11-5-4-10-15(16)14-8-2-1-3-9-14;/h1-13H,(H,19,20,21);1H3. The zero-order valence-corrected chi connectivity index (χ0v) is 14.6. The Bertz CT molecular complexity index is 906. The fourth-order valence-corrected chi connectivity index (χ4v) is 3.21. The third-order valence-electron chi connectivity index (χ3n) is 3.47. The zero-order valence-electron chi connectivity index (χ0n) is 12.4. The van der Waals surface area contributed by atoms with Gasteiger partial charge in [0, 0.05) is 5.56 Å². The number of hydrogen-bond donors (Lipinski definition) is 1. The molecule has 0 aliphatic rings. The molecule has 0 amide bonds. The topological polar surface area (TPSA) is 54.4 Å². The number of rotatable bonds is 3. The fourth-order valence-electron chi connectivity index (χ4n) is 2.50. The predicted molar refractivity (Wildman–Crippen MR) is 98.2 cm³/mol. The van der Waals surface area contributed by atoms with E-state index in [1.165, 1.54) is 6.07 Å². The molecule has 0 aliphatic heterocycles. The Balaban J connectivity index is 0.00000192. The molecule has 23 heavy (non-hydrogen) atoms. The molecule has 1 atom stereocenters. The van der Waals surface area contributed by atoms with Gasteiger partial charge in [0.05, 0.1) is 0 Å². The van der Waals surface area contributed by atoms with E-state index in [0.717, 1.165) is 16.7 Å². The molecule has 3 aromatic rings. The van der Waals surface area contributed by atoms with Gasteiger partial charge in [-0.2, -0.15) is 18.3 Å². The smallest absolute Gasteiger partial charge is 0.282 e. The summed E-state index contributed by atoms with van der Waals surface area (Å²) in [5.74, 6) is 0. The van der Waals surface area contributed by atoms with Crippen LogP contribution >= 0.6 is 9.90 Å². The Hall–Kier alpha value is -2.00. The van der Waals surface area contributed by atoms with Crippen LogP contribution in [-0.4, -0.2) is 13.0 Å². The van der Waals surface area contributed by atoms with Crippen molar-refractivity contribution in [1.29, 1.82) is 0 Å². The molecule has 0 saturated carbocycles. The monoisotopic (exact) mass is 344 g/mol. The lowest BCUT2D eigenvalue weighted by Crippen LogP contribution is -2.01. The molecule has 5 heteroatoms. The fraction of sp³-hybridized carbons (Fsp3) is 0. The molecule has 118 valence electrons. The average Bonchev–Trinajstić information content (AvgIpc) is 2.55. The molecular formula is C18H17O3PS. The largest absolute Gasteiger partial charge is 0.295 e. The van der Waals surface area contributed by atoms with Gasteiger partial charge in [0.25, 0.3) is 10.1 Å². The van der Waals surface area contributed by atoms with Gasteiger partial charge in [0.15, 0.2) is 0 Å². The average molecular weight is 344 g/mol. The van der Waals surface area contributed by atoms with Gasteiger partial charge in [-0.05, 0) is 22.8 Å². The van der Waals surface area contributed by atoms with Crippen LogP contribution in [0, 0.1) is 0 Å². The minimum atomic E-state index is -4.28. The van der Waals surface area contributed by atoms with E-state index in [4.69, 9.17) is 0 Å². The normalized spacial score (nSPS) is 10.8. The van der Waals surface area contributed by atoms with Crippen molar-refractivity contribution in [2.75, 3.05) is 0 Å². The Morgan fingerprint density at radius 1 is 0.609 bits per heavy atom. The summed E-state index contributed by atoms with van der Waals surface area (Å²) in [5, 5.41) is 0. The van der Waals surface area contributed by atoms with Gasteiger partial charge < -0.3 is 0 Å². The first-order chi connectivity index (χ1) is 10.6. The van der Waals surface area contributed by atoms with E-state index >= 15 is 0 Å². The van der Waals surface area contributed by atoms with Crippen LogP contribution < -0.4 is 0 Å². The van der Waals surface area contributed by atoms with Gasteiger partial charge in [0.2, 0.25) is 0 Å². The van der Waals surface area contributed by atoms with Crippen molar-refractivity contribution in [3.8, 4) is 22.3 Å². The van der Waals surface area contributed by atoms with Crippen LogP contribution in [0.4, 0.5) is 0 Å². The highest BCUT2D eigenvalue weighted by atomic mass is 32.2. The Morgan fingerprint density at radius 2 is 1.09 bits per heavy atom. The van der Waals surface area contributed by atoms with Crippen LogP contribution in [0.25, 0.3) is 22.3 Å². The van der Waals surface area contributed by atoms with Crippen LogP contribution in [-0.2, 0) is 10.1 Å². The minimum absolute atomic E-state index is 0. The molecule has 3 rings (SSSR count). The molecule has 1 unspecified atom stereocenters. The molecule has 1 N–H and O–H groups in total. The lowest BCUT2D eigenvalue weighted by atomic mass is 9.95. The van der Waals surface area contributed by atoms with E-state index in [1.54, 1.807) is 18.2 Å². The van der Waals surface area contributed by atoms with Crippen LogP contribution in [0.2, 0.25) is 0 Å². The third-order valence-corrected chi connectivity index (χ3v) is 4.38. The van der Waals surface area contributed by atoms with Crippen molar-refractivity contribution in [2.45, 2.75) is 4.90 Å². The van der Waals surface area contributed by atoms with E-state index in [2.05, 4.69) is 0 Å². The van der Waals surface area contributed by atoms with Gasteiger partial charge in [-0.15, -0.1) is 0 Å². The SMILES string of the molecule is O=S(=O)(O)c1ccccc1-c1ccccc1-c1ccccc1.P. The quantitative estimate of drug-likeness (QED) is 0.568. The molecule has 0 fully saturated rings. The van der Waals surface area contributed by atoms with E-state index in [9.17, 15) is 13.0 Å². The summed E-state index contributed by atoms with van der Waals surface area (Å²) in [6.45, 7) is 0.